The van der Waals surface area contributed by atoms with Crippen molar-refractivity contribution < 1.29 is 14.3 Å². The maximum absolute atomic E-state index is 12.5. The molecule has 4 aromatic rings. The third-order valence-electron chi connectivity index (χ3n) is 4.84. The van der Waals surface area contributed by atoms with E-state index in [1.54, 1.807) is 26.4 Å². The number of nitrogens with zero attached hydrogens (tertiary/aromatic N) is 3. The molecule has 34 heavy (non-hydrogen) atoms. The van der Waals surface area contributed by atoms with Crippen LogP contribution >= 0.6 is 23.1 Å². The van der Waals surface area contributed by atoms with E-state index in [1.165, 1.54) is 23.1 Å². The molecule has 7 nitrogen and oxygen atoms in total. The first-order valence-corrected chi connectivity index (χ1v) is 12.0. The first kappa shape index (κ1) is 23.3. The van der Waals surface area contributed by atoms with Gasteiger partial charge in [-0.15, -0.1) is 11.3 Å². The second-order valence-electron chi connectivity index (χ2n) is 6.99. The number of anilines is 1. The molecule has 0 unspecified atom stereocenters. The number of thiazole rings is 1. The van der Waals surface area contributed by atoms with Crippen LogP contribution in [0.3, 0.4) is 0 Å². The standard InChI is InChI=1S/C25H20N4O3S2/c1-31-19-8-3-16(4-9-19)21-12-7-18(13-26)24(27-21)33-15-23(30)29-25-28-22(14-34-25)17-5-10-20(32-2)11-6-17/h3-12,14H,15H2,1-2H3,(H,28,29,30). The van der Waals surface area contributed by atoms with Gasteiger partial charge in [0.1, 0.15) is 22.6 Å². The van der Waals surface area contributed by atoms with Crippen LogP contribution in [-0.2, 0) is 4.79 Å². The average molecular weight is 489 g/mol. The van der Waals surface area contributed by atoms with Crippen molar-refractivity contribution in [1.82, 2.24) is 9.97 Å². The number of aromatic nitrogens is 2. The summed E-state index contributed by atoms with van der Waals surface area (Å²) in [4.78, 5) is 21.6. The zero-order chi connectivity index (χ0) is 23.9. The van der Waals surface area contributed by atoms with Crippen molar-refractivity contribution in [2.75, 3.05) is 25.3 Å². The number of carbonyl (C=O) groups excluding carboxylic acids is 1. The summed E-state index contributed by atoms with van der Waals surface area (Å²) >= 11 is 2.57. The fourth-order valence-corrected chi connectivity index (χ4v) is 4.58. The summed E-state index contributed by atoms with van der Waals surface area (Å²) in [5.74, 6) is 1.40. The van der Waals surface area contributed by atoms with Crippen LogP contribution in [0.4, 0.5) is 5.13 Å². The molecule has 170 valence electrons. The van der Waals surface area contributed by atoms with Gasteiger partial charge in [0.05, 0.1) is 36.9 Å². The highest BCUT2D eigenvalue weighted by Gasteiger charge is 2.13. The second kappa shape index (κ2) is 10.8. The maximum atomic E-state index is 12.5. The van der Waals surface area contributed by atoms with Gasteiger partial charge in [-0.05, 0) is 60.7 Å². The molecule has 4 rings (SSSR count). The normalized spacial score (nSPS) is 10.4. The molecule has 0 aliphatic heterocycles. The number of nitrogens with one attached hydrogen (secondary N) is 1. The van der Waals surface area contributed by atoms with Crippen LogP contribution in [0.1, 0.15) is 5.56 Å². The van der Waals surface area contributed by atoms with E-state index in [4.69, 9.17) is 9.47 Å². The number of amides is 1. The Bertz CT molecular complexity index is 1330. The fourth-order valence-electron chi connectivity index (χ4n) is 3.07. The largest absolute Gasteiger partial charge is 0.497 e. The summed E-state index contributed by atoms with van der Waals surface area (Å²) < 4.78 is 10.4. The highest BCUT2D eigenvalue weighted by molar-refractivity contribution is 8.00. The van der Waals surface area contributed by atoms with Gasteiger partial charge in [0.2, 0.25) is 5.91 Å². The predicted octanol–water partition coefficient (Wildman–Crippen LogP) is 5.49. The molecule has 0 bridgehead atoms. The van der Waals surface area contributed by atoms with Crippen molar-refractivity contribution in [3.05, 3.63) is 71.6 Å². The lowest BCUT2D eigenvalue weighted by Gasteiger charge is -2.07. The Hall–Kier alpha value is -3.87. The number of rotatable bonds is 8. The van der Waals surface area contributed by atoms with Crippen LogP contribution in [0.5, 0.6) is 11.5 Å². The number of nitriles is 1. The predicted molar refractivity (Wildman–Crippen MR) is 134 cm³/mol. The Morgan fingerprint density at radius 1 is 0.941 bits per heavy atom. The van der Waals surface area contributed by atoms with E-state index >= 15 is 0 Å². The molecule has 1 N–H and O–H groups in total. The second-order valence-corrected chi connectivity index (χ2v) is 8.81. The molecule has 0 saturated heterocycles. The first-order chi connectivity index (χ1) is 16.6. The van der Waals surface area contributed by atoms with Crippen molar-refractivity contribution in [1.29, 1.82) is 5.26 Å². The summed E-state index contributed by atoms with van der Waals surface area (Å²) in [6.07, 6.45) is 0. The van der Waals surface area contributed by atoms with E-state index < -0.39 is 0 Å². The zero-order valence-electron chi connectivity index (χ0n) is 18.4. The molecule has 9 heteroatoms. The summed E-state index contributed by atoms with van der Waals surface area (Å²) in [6.45, 7) is 0. The number of hydrogen-bond acceptors (Lipinski definition) is 8. The summed E-state index contributed by atoms with van der Waals surface area (Å²) in [7, 11) is 3.23. The van der Waals surface area contributed by atoms with Crippen LogP contribution in [0.25, 0.3) is 22.5 Å². The van der Waals surface area contributed by atoms with Gasteiger partial charge in [-0.1, -0.05) is 11.8 Å². The number of pyridine rings is 1. The van der Waals surface area contributed by atoms with E-state index in [0.29, 0.717) is 21.4 Å². The lowest BCUT2D eigenvalue weighted by Crippen LogP contribution is -2.14. The van der Waals surface area contributed by atoms with Crippen molar-refractivity contribution in [3.63, 3.8) is 0 Å². The monoisotopic (exact) mass is 488 g/mol. The van der Waals surface area contributed by atoms with Crippen molar-refractivity contribution in [2.45, 2.75) is 5.03 Å². The van der Waals surface area contributed by atoms with Crippen LogP contribution in [0.2, 0.25) is 0 Å². The minimum Gasteiger partial charge on any atom is -0.497 e. The minimum atomic E-state index is -0.221. The number of methoxy groups -OCH3 is 2. The molecule has 0 aliphatic carbocycles. The molecule has 0 saturated carbocycles. The van der Waals surface area contributed by atoms with E-state index in [9.17, 15) is 10.1 Å². The molecular weight excluding hydrogens is 468 g/mol. The van der Waals surface area contributed by atoms with Gasteiger partial charge in [0.25, 0.3) is 0 Å². The van der Waals surface area contributed by atoms with Gasteiger partial charge >= 0.3 is 0 Å². The maximum Gasteiger partial charge on any atom is 0.236 e. The van der Waals surface area contributed by atoms with Crippen LogP contribution in [-0.4, -0.2) is 35.8 Å². The highest BCUT2D eigenvalue weighted by atomic mass is 32.2. The number of carbonyl (C=O) groups is 1. The van der Waals surface area contributed by atoms with Crippen molar-refractivity contribution in [2.24, 2.45) is 0 Å². The van der Waals surface area contributed by atoms with Crippen LogP contribution in [0.15, 0.2) is 71.1 Å². The molecule has 0 aliphatic rings. The quantitative estimate of drug-likeness (QED) is 0.327. The smallest absolute Gasteiger partial charge is 0.236 e. The average Bonchev–Trinajstić information content (AvgIpc) is 3.35. The molecular formula is C25H20N4O3S2. The Morgan fingerprint density at radius 3 is 2.15 bits per heavy atom. The number of hydrogen-bond donors (Lipinski definition) is 1. The third-order valence-corrected chi connectivity index (χ3v) is 6.59. The first-order valence-electron chi connectivity index (χ1n) is 10.2. The van der Waals surface area contributed by atoms with Gasteiger partial charge in [-0.2, -0.15) is 5.26 Å². The van der Waals surface area contributed by atoms with E-state index in [1.807, 2.05) is 53.9 Å². The van der Waals surface area contributed by atoms with Crippen LogP contribution < -0.4 is 14.8 Å². The zero-order valence-corrected chi connectivity index (χ0v) is 20.1. The van der Waals surface area contributed by atoms with Gasteiger partial charge in [0.15, 0.2) is 5.13 Å². The summed E-state index contributed by atoms with van der Waals surface area (Å²) in [5, 5.41) is 15.2. The molecule has 0 radical (unpaired) electrons. The van der Waals surface area contributed by atoms with Gasteiger partial charge in [-0.3, -0.25) is 4.79 Å². The topological polar surface area (TPSA) is 97.1 Å². The molecule has 2 heterocycles. The highest BCUT2D eigenvalue weighted by Crippen LogP contribution is 2.28. The minimum absolute atomic E-state index is 0.102. The fraction of sp³-hybridized carbons (Fsp3) is 0.120. The summed E-state index contributed by atoms with van der Waals surface area (Å²) in [6, 6.07) is 20.7. The molecule has 0 fully saturated rings. The van der Waals surface area contributed by atoms with Crippen LogP contribution in [0, 0.1) is 11.3 Å². The Labute approximate surface area is 205 Å². The number of ether oxygens (including phenoxy) is 2. The molecule has 2 aromatic heterocycles. The Balaban J connectivity index is 1.41. The Kier molecular flexibility index (Phi) is 7.42. The third kappa shape index (κ3) is 5.54. The van der Waals surface area contributed by atoms with E-state index in [0.717, 1.165) is 28.3 Å². The van der Waals surface area contributed by atoms with Gasteiger partial charge < -0.3 is 14.8 Å². The number of thioether (sulfide) groups is 1. The molecule has 0 atom stereocenters. The van der Waals surface area contributed by atoms with Gasteiger partial charge in [-0.25, -0.2) is 9.97 Å². The van der Waals surface area contributed by atoms with E-state index in [-0.39, 0.29) is 11.7 Å². The van der Waals surface area contributed by atoms with Gasteiger partial charge in [0, 0.05) is 16.5 Å². The summed E-state index contributed by atoms with van der Waals surface area (Å²) in [5.41, 5.74) is 3.74. The molecule has 0 spiro atoms. The van der Waals surface area contributed by atoms with E-state index in [2.05, 4.69) is 21.4 Å². The molecule has 1 amide bonds. The van der Waals surface area contributed by atoms with Crippen molar-refractivity contribution in [3.8, 4) is 40.1 Å². The number of benzene rings is 2. The lowest BCUT2D eigenvalue weighted by molar-refractivity contribution is -0.113. The Morgan fingerprint density at radius 2 is 1.56 bits per heavy atom. The lowest BCUT2D eigenvalue weighted by atomic mass is 10.1. The SMILES string of the molecule is COc1ccc(-c2csc(NC(=O)CSc3nc(-c4ccc(OC)cc4)ccc3C#N)n2)cc1. The molecule has 2 aromatic carbocycles. The van der Waals surface area contributed by atoms with Crippen molar-refractivity contribution >= 4 is 34.1 Å².